The van der Waals surface area contributed by atoms with E-state index in [0.29, 0.717) is 69.6 Å². The molecule has 2 aliphatic heterocycles. The lowest BCUT2D eigenvalue weighted by Gasteiger charge is -2.38. The molecular formula is C27H32BrNO9. The molecule has 0 fully saturated rings. The Hall–Kier alpha value is -3.44. The standard InChI is InChI=1S/C27H32NO9.BrH/c1-28(14-21(30)32-3)12-11-17-18(13-28)24(34-5)27-26(36-15-37-27)22(17)19(29)9-7-16-8-10-20(31-2)25(35-6)23(16)33-4;/h7-10H,11-15H2,1-6H3;1H/q+1;/p-1. The van der Waals surface area contributed by atoms with Crippen LogP contribution in [0.2, 0.25) is 0 Å². The molecule has 38 heavy (non-hydrogen) atoms. The molecule has 0 aromatic heterocycles. The first kappa shape index (κ1) is 29.1. The Bertz CT molecular complexity index is 1260. The number of benzene rings is 2. The molecule has 4 rings (SSSR count). The van der Waals surface area contributed by atoms with Crippen LogP contribution < -0.4 is 45.4 Å². The van der Waals surface area contributed by atoms with Crippen LogP contribution >= 0.6 is 0 Å². The highest BCUT2D eigenvalue weighted by atomic mass is 79.9. The summed E-state index contributed by atoms with van der Waals surface area (Å²) in [4.78, 5) is 25.7. The minimum Gasteiger partial charge on any atom is -1.00 e. The Labute approximate surface area is 232 Å². The number of hydrogen-bond donors (Lipinski definition) is 0. The largest absolute Gasteiger partial charge is 1.00 e. The number of halogens is 1. The number of nitrogens with zero attached hydrogens (tertiary/aromatic N) is 1. The lowest BCUT2D eigenvalue weighted by atomic mass is 9.88. The maximum absolute atomic E-state index is 13.7. The Morgan fingerprint density at radius 2 is 1.61 bits per heavy atom. The molecule has 0 amide bonds. The highest BCUT2D eigenvalue weighted by molar-refractivity contribution is 6.11. The van der Waals surface area contributed by atoms with Gasteiger partial charge in [0.1, 0.15) is 6.54 Å². The van der Waals surface area contributed by atoms with Crippen LogP contribution in [-0.2, 0) is 22.5 Å². The van der Waals surface area contributed by atoms with Gasteiger partial charge in [-0.15, -0.1) is 0 Å². The average molecular weight is 594 g/mol. The zero-order valence-corrected chi connectivity index (χ0v) is 23.9. The van der Waals surface area contributed by atoms with Crippen LogP contribution in [0.5, 0.6) is 34.5 Å². The molecule has 2 aromatic rings. The highest BCUT2D eigenvalue weighted by Crippen LogP contribution is 2.50. The molecule has 10 nitrogen and oxygen atoms in total. The number of quaternary nitrogens is 1. The van der Waals surface area contributed by atoms with E-state index >= 15 is 0 Å². The summed E-state index contributed by atoms with van der Waals surface area (Å²) in [5.74, 6) is 2.14. The number of carbonyl (C=O) groups excluding carboxylic acids is 2. The van der Waals surface area contributed by atoms with E-state index in [1.165, 1.54) is 27.4 Å². The molecule has 1 unspecified atom stereocenters. The first-order valence-electron chi connectivity index (χ1n) is 11.7. The van der Waals surface area contributed by atoms with E-state index in [1.807, 2.05) is 7.05 Å². The fourth-order valence-electron chi connectivity index (χ4n) is 4.97. The van der Waals surface area contributed by atoms with Gasteiger partial charge in [-0.05, 0) is 29.8 Å². The van der Waals surface area contributed by atoms with Crippen LogP contribution in [0.3, 0.4) is 0 Å². The highest BCUT2D eigenvalue weighted by Gasteiger charge is 2.40. The van der Waals surface area contributed by atoms with Crippen molar-refractivity contribution in [3.63, 3.8) is 0 Å². The van der Waals surface area contributed by atoms with Crippen molar-refractivity contribution in [1.29, 1.82) is 0 Å². The van der Waals surface area contributed by atoms with E-state index in [9.17, 15) is 9.59 Å². The third-order valence-electron chi connectivity index (χ3n) is 6.77. The quantitative estimate of drug-likeness (QED) is 0.172. The summed E-state index contributed by atoms with van der Waals surface area (Å²) in [7, 11) is 9.51. The second-order valence-corrected chi connectivity index (χ2v) is 9.04. The summed E-state index contributed by atoms with van der Waals surface area (Å²) in [6.45, 7) is 1.29. The van der Waals surface area contributed by atoms with Gasteiger partial charge in [0, 0.05) is 12.0 Å². The van der Waals surface area contributed by atoms with Gasteiger partial charge < -0.3 is 54.6 Å². The zero-order chi connectivity index (χ0) is 26.7. The average Bonchev–Trinajstić information content (AvgIpc) is 3.38. The van der Waals surface area contributed by atoms with Crippen molar-refractivity contribution in [2.75, 3.05) is 62.5 Å². The molecule has 0 N–H and O–H groups in total. The molecule has 206 valence electrons. The number of hydrogen-bond acceptors (Lipinski definition) is 9. The third kappa shape index (κ3) is 5.25. The van der Waals surface area contributed by atoms with Crippen molar-refractivity contribution in [2.24, 2.45) is 0 Å². The fourth-order valence-corrected chi connectivity index (χ4v) is 4.97. The van der Waals surface area contributed by atoms with Crippen molar-refractivity contribution >= 4 is 17.8 Å². The number of likely N-dealkylation sites (N-methyl/N-ethyl adjacent to an activating group) is 1. The van der Waals surface area contributed by atoms with Crippen molar-refractivity contribution in [3.05, 3.63) is 40.5 Å². The molecule has 0 saturated carbocycles. The summed E-state index contributed by atoms with van der Waals surface area (Å²) in [5.41, 5.74) is 2.73. The van der Waals surface area contributed by atoms with Crippen molar-refractivity contribution < 1.29 is 64.2 Å². The predicted octanol–water partition coefficient (Wildman–Crippen LogP) is 0.0255. The molecule has 2 aromatic carbocycles. The van der Waals surface area contributed by atoms with Gasteiger partial charge >= 0.3 is 5.97 Å². The van der Waals surface area contributed by atoms with Gasteiger partial charge in [0.05, 0.1) is 60.3 Å². The SMILES string of the molecule is COC(=O)C[N+]1(C)CCc2c(c(OC)c3c(c2C(=O)C=Cc2ccc(OC)c(OC)c2OC)OCO3)C1.[Br-]. The summed E-state index contributed by atoms with van der Waals surface area (Å²) in [6.07, 6.45) is 3.69. The van der Waals surface area contributed by atoms with Crippen molar-refractivity contribution in [3.8, 4) is 34.5 Å². The second-order valence-electron chi connectivity index (χ2n) is 9.04. The maximum Gasteiger partial charge on any atom is 0.361 e. The Morgan fingerprint density at radius 1 is 0.921 bits per heavy atom. The van der Waals surface area contributed by atoms with Crippen LogP contribution in [0.15, 0.2) is 18.2 Å². The third-order valence-corrected chi connectivity index (χ3v) is 6.77. The number of rotatable bonds is 9. The van der Waals surface area contributed by atoms with Gasteiger partial charge in [0.2, 0.25) is 18.3 Å². The lowest BCUT2D eigenvalue weighted by Crippen LogP contribution is -3.00. The number of ether oxygens (including phenoxy) is 7. The van der Waals surface area contributed by atoms with Gasteiger partial charge in [-0.2, -0.15) is 0 Å². The van der Waals surface area contributed by atoms with Gasteiger partial charge in [-0.3, -0.25) is 4.79 Å². The fraction of sp³-hybridized carbons (Fsp3) is 0.407. The summed E-state index contributed by atoms with van der Waals surface area (Å²) < 4.78 is 38.9. The number of ketones is 1. The molecular weight excluding hydrogens is 562 g/mol. The van der Waals surface area contributed by atoms with Crippen LogP contribution in [-0.4, -0.2) is 78.7 Å². The Balaban J connectivity index is 0.00000400. The minimum atomic E-state index is -0.297. The first-order valence-corrected chi connectivity index (χ1v) is 11.7. The second kappa shape index (κ2) is 12.0. The number of methoxy groups -OCH3 is 5. The van der Waals surface area contributed by atoms with E-state index in [-0.39, 0.29) is 42.1 Å². The summed E-state index contributed by atoms with van der Waals surface area (Å²) in [5, 5.41) is 0. The smallest absolute Gasteiger partial charge is 0.361 e. The van der Waals surface area contributed by atoms with E-state index < -0.39 is 0 Å². The topological polar surface area (TPSA) is 98.8 Å². The van der Waals surface area contributed by atoms with Crippen LogP contribution in [0.1, 0.15) is 27.0 Å². The molecule has 0 bridgehead atoms. The van der Waals surface area contributed by atoms with Crippen LogP contribution in [0, 0.1) is 0 Å². The number of fused-ring (bicyclic) bond motifs is 2. The number of esters is 1. The molecule has 0 radical (unpaired) electrons. The van der Waals surface area contributed by atoms with Gasteiger partial charge in [-0.25, -0.2) is 4.79 Å². The lowest BCUT2D eigenvalue weighted by molar-refractivity contribution is -0.917. The van der Waals surface area contributed by atoms with E-state index in [2.05, 4.69) is 0 Å². The first-order chi connectivity index (χ1) is 17.8. The van der Waals surface area contributed by atoms with Crippen LogP contribution in [0.25, 0.3) is 6.08 Å². The van der Waals surface area contributed by atoms with Gasteiger partial charge in [0.25, 0.3) is 0 Å². The molecule has 0 aliphatic carbocycles. The summed E-state index contributed by atoms with van der Waals surface area (Å²) in [6, 6.07) is 3.53. The number of carbonyl (C=O) groups is 2. The molecule has 0 spiro atoms. The minimum absolute atomic E-state index is 0. The summed E-state index contributed by atoms with van der Waals surface area (Å²) >= 11 is 0. The van der Waals surface area contributed by atoms with Gasteiger partial charge in [0.15, 0.2) is 35.3 Å². The maximum atomic E-state index is 13.7. The molecule has 2 heterocycles. The van der Waals surface area contributed by atoms with Crippen molar-refractivity contribution in [2.45, 2.75) is 13.0 Å². The molecule has 1 atom stereocenters. The van der Waals surface area contributed by atoms with E-state index in [1.54, 1.807) is 32.4 Å². The van der Waals surface area contributed by atoms with Crippen LogP contribution in [0.4, 0.5) is 0 Å². The molecule has 0 saturated heterocycles. The molecule has 2 aliphatic rings. The predicted molar refractivity (Wildman–Crippen MR) is 134 cm³/mol. The van der Waals surface area contributed by atoms with E-state index in [0.717, 1.165) is 11.1 Å². The monoisotopic (exact) mass is 593 g/mol. The van der Waals surface area contributed by atoms with Crippen molar-refractivity contribution in [1.82, 2.24) is 0 Å². The normalized spacial score (nSPS) is 17.3. The van der Waals surface area contributed by atoms with Gasteiger partial charge in [-0.1, -0.05) is 0 Å². The number of allylic oxidation sites excluding steroid dienone is 1. The van der Waals surface area contributed by atoms with E-state index in [4.69, 9.17) is 33.2 Å². The Kier molecular flexibility index (Phi) is 9.16. The zero-order valence-electron chi connectivity index (χ0n) is 22.3. The molecule has 11 heteroatoms. The Morgan fingerprint density at radius 3 is 2.24 bits per heavy atom.